The van der Waals surface area contributed by atoms with Gasteiger partial charge in [-0.3, -0.25) is 0 Å². The van der Waals surface area contributed by atoms with Crippen LogP contribution in [0.25, 0.3) is 0 Å². The first-order chi connectivity index (χ1) is 10.3. The molecule has 0 unspecified atom stereocenters. The number of hydrogen-bond donors (Lipinski definition) is 2. The zero-order valence-corrected chi connectivity index (χ0v) is 12.0. The predicted octanol–water partition coefficient (Wildman–Crippen LogP) is -1.49. The summed E-state index contributed by atoms with van der Waals surface area (Å²) in [6.07, 6.45) is -8.16. The number of halogens is 2. The van der Waals surface area contributed by atoms with Crippen LogP contribution in [0.1, 0.15) is 0 Å². The van der Waals surface area contributed by atoms with E-state index in [1.807, 2.05) is 0 Å². The first-order valence-corrected chi connectivity index (χ1v) is 6.36. The number of methoxy groups -OCH3 is 2. The van der Waals surface area contributed by atoms with Gasteiger partial charge in [0, 0.05) is 0 Å². The summed E-state index contributed by atoms with van der Waals surface area (Å²) in [5, 5.41) is 17.8. The summed E-state index contributed by atoms with van der Waals surface area (Å²) >= 11 is 0. The van der Waals surface area contributed by atoms with Crippen molar-refractivity contribution < 1.29 is 47.5 Å². The molecular weight excluding hydrogens is 310 g/mol. The van der Waals surface area contributed by atoms with Crippen molar-refractivity contribution in [1.29, 1.82) is 0 Å². The highest BCUT2D eigenvalue weighted by Crippen LogP contribution is 2.18. The molecule has 22 heavy (non-hydrogen) atoms. The molecule has 2 aliphatic heterocycles. The average molecular weight is 328 g/mol. The van der Waals surface area contributed by atoms with E-state index in [1.54, 1.807) is 0 Å². The molecule has 0 amide bonds. The van der Waals surface area contributed by atoms with E-state index in [0.29, 0.717) is 0 Å². The summed E-state index contributed by atoms with van der Waals surface area (Å²) in [6.45, 7) is -0.401. The SMILES string of the molecule is COC(=O)[C@@H]1OC[C@@H](O)[C@@H]1F.COC(=O)[C@@H]1OC[C@H](F)[C@H]1O. The van der Waals surface area contributed by atoms with Crippen molar-refractivity contribution in [3.05, 3.63) is 0 Å². The van der Waals surface area contributed by atoms with Crippen LogP contribution in [-0.2, 0) is 28.5 Å². The molecule has 0 aromatic heterocycles. The van der Waals surface area contributed by atoms with Gasteiger partial charge < -0.3 is 29.2 Å². The number of esters is 2. The van der Waals surface area contributed by atoms with Gasteiger partial charge in [-0.05, 0) is 0 Å². The summed E-state index contributed by atoms with van der Waals surface area (Å²) in [4.78, 5) is 21.4. The minimum atomic E-state index is -1.66. The first-order valence-electron chi connectivity index (χ1n) is 6.36. The molecule has 2 saturated heterocycles. The van der Waals surface area contributed by atoms with E-state index in [9.17, 15) is 18.4 Å². The number of aliphatic hydroxyl groups is 2. The van der Waals surface area contributed by atoms with E-state index in [4.69, 9.17) is 10.2 Å². The molecule has 2 fully saturated rings. The minimum absolute atomic E-state index is 0.152. The van der Waals surface area contributed by atoms with Gasteiger partial charge in [-0.1, -0.05) is 0 Å². The molecule has 8 nitrogen and oxygen atoms in total. The van der Waals surface area contributed by atoms with Crippen LogP contribution in [0.3, 0.4) is 0 Å². The van der Waals surface area contributed by atoms with Crippen molar-refractivity contribution in [1.82, 2.24) is 0 Å². The van der Waals surface area contributed by atoms with E-state index in [1.165, 1.54) is 0 Å². The molecule has 0 radical (unpaired) electrons. The van der Waals surface area contributed by atoms with E-state index >= 15 is 0 Å². The van der Waals surface area contributed by atoms with Crippen LogP contribution in [0, 0.1) is 0 Å². The van der Waals surface area contributed by atoms with E-state index in [2.05, 4.69) is 18.9 Å². The first kappa shape index (κ1) is 18.7. The Morgan fingerprint density at radius 2 is 1.50 bits per heavy atom. The Bertz CT molecular complexity index is 357. The zero-order valence-electron chi connectivity index (χ0n) is 12.0. The van der Waals surface area contributed by atoms with Crippen LogP contribution in [0.5, 0.6) is 0 Å². The van der Waals surface area contributed by atoms with Crippen molar-refractivity contribution in [3.63, 3.8) is 0 Å². The lowest BCUT2D eigenvalue weighted by molar-refractivity contribution is -0.155. The highest BCUT2D eigenvalue weighted by molar-refractivity contribution is 5.76. The zero-order chi connectivity index (χ0) is 16.9. The molecule has 0 aliphatic carbocycles. The van der Waals surface area contributed by atoms with Crippen molar-refractivity contribution in [2.75, 3.05) is 27.4 Å². The lowest BCUT2D eigenvalue weighted by Crippen LogP contribution is -2.34. The normalized spacial score (nSPS) is 37.2. The maximum atomic E-state index is 12.7. The number of aliphatic hydroxyl groups excluding tert-OH is 2. The maximum absolute atomic E-state index is 12.7. The molecule has 6 atom stereocenters. The third kappa shape index (κ3) is 4.32. The molecular formula is C12H18F2O8. The van der Waals surface area contributed by atoms with Gasteiger partial charge in [0.25, 0.3) is 0 Å². The Morgan fingerprint density at radius 3 is 1.86 bits per heavy atom. The third-order valence-corrected chi connectivity index (χ3v) is 3.09. The maximum Gasteiger partial charge on any atom is 0.338 e. The lowest BCUT2D eigenvalue weighted by atomic mass is 10.2. The van der Waals surface area contributed by atoms with Gasteiger partial charge in [0.2, 0.25) is 0 Å². The molecule has 0 saturated carbocycles. The van der Waals surface area contributed by atoms with Gasteiger partial charge in [-0.15, -0.1) is 0 Å². The summed E-state index contributed by atoms with van der Waals surface area (Å²) in [6, 6.07) is 0. The minimum Gasteiger partial charge on any atom is -0.467 e. The summed E-state index contributed by atoms with van der Waals surface area (Å²) in [5.74, 6) is -1.52. The molecule has 10 heteroatoms. The number of carbonyl (C=O) groups excluding carboxylic acids is 2. The number of ether oxygens (including phenoxy) is 4. The standard InChI is InChI=1S/2C6H9FO4/c1-10-6(9)5-4(7)3(8)2-11-5;1-10-6(9)5-4(8)3(7)2-11-5/h2*3-5,8H,2H2,1H3/t3-,4+,5-;3-,4+,5+/m10/s1. The van der Waals surface area contributed by atoms with Gasteiger partial charge >= 0.3 is 11.9 Å². The highest BCUT2D eigenvalue weighted by atomic mass is 19.1. The lowest BCUT2D eigenvalue weighted by Gasteiger charge is -2.10. The second kappa shape index (κ2) is 8.32. The number of hydrogen-bond acceptors (Lipinski definition) is 8. The third-order valence-electron chi connectivity index (χ3n) is 3.09. The van der Waals surface area contributed by atoms with Crippen molar-refractivity contribution in [2.45, 2.75) is 36.8 Å². The van der Waals surface area contributed by atoms with Gasteiger partial charge in [-0.25, -0.2) is 18.4 Å². The molecule has 2 heterocycles. The van der Waals surface area contributed by atoms with E-state index in [-0.39, 0.29) is 13.2 Å². The molecule has 0 bridgehead atoms. The van der Waals surface area contributed by atoms with Crippen LogP contribution in [0.4, 0.5) is 8.78 Å². The fraction of sp³-hybridized carbons (Fsp3) is 0.833. The Labute approximate surface area is 124 Å². The highest BCUT2D eigenvalue weighted by Gasteiger charge is 2.42. The number of carbonyl (C=O) groups is 2. The van der Waals surface area contributed by atoms with E-state index < -0.39 is 48.7 Å². The van der Waals surface area contributed by atoms with Crippen molar-refractivity contribution >= 4 is 11.9 Å². The molecule has 2 rings (SSSR count). The van der Waals surface area contributed by atoms with Crippen molar-refractivity contribution in [3.8, 4) is 0 Å². The van der Waals surface area contributed by atoms with Crippen molar-refractivity contribution in [2.24, 2.45) is 0 Å². The smallest absolute Gasteiger partial charge is 0.338 e. The molecule has 2 N–H and O–H groups in total. The fourth-order valence-corrected chi connectivity index (χ4v) is 1.81. The fourth-order valence-electron chi connectivity index (χ4n) is 1.81. The Morgan fingerprint density at radius 1 is 1.00 bits per heavy atom. The van der Waals surface area contributed by atoms with Crippen LogP contribution < -0.4 is 0 Å². The molecule has 0 spiro atoms. The number of rotatable bonds is 2. The predicted molar refractivity (Wildman–Crippen MR) is 65.3 cm³/mol. The Hall–Kier alpha value is -1.36. The quantitative estimate of drug-likeness (QED) is 0.590. The Kier molecular flexibility index (Phi) is 7.07. The summed E-state index contributed by atoms with van der Waals surface area (Å²) in [5.41, 5.74) is 0. The second-order valence-electron chi connectivity index (χ2n) is 4.57. The van der Waals surface area contributed by atoms with Gasteiger partial charge in [0.05, 0.1) is 27.4 Å². The van der Waals surface area contributed by atoms with Gasteiger partial charge in [-0.2, -0.15) is 0 Å². The van der Waals surface area contributed by atoms with E-state index in [0.717, 1.165) is 14.2 Å². The van der Waals surface area contributed by atoms with Gasteiger partial charge in [0.1, 0.15) is 12.2 Å². The van der Waals surface area contributed by atoms with Gasteiger partial charge in [0.15, 0.2) is 24.6 Å². The second-order valence-corrected chi connectivity index (χ2v) is 4.57. The summed E-state index contributed by atoms with van der Waals surface area (Å²) in [7, 11) is 2.30. The van der Waals surface area contributed by atoms with Crippen LogP contribution in [0.15, 0.2) is 0 Å². The summed E-state index contributed by atoms with van der Waals surface area (Å²) < 4.78 is 43.0. The average Bonchev–Trinajstić information content (AvgIpc) is 3.02. The van der Waals surface area contributed by atoms with Crippen LogP contribution in [-0.4, -0.2) is 86.3 Å². The topological polar surface area (TPSA) is 112 Å². The molecule has 128 valence electrons. The monoisotopic (exact) mass is 328 g/mol. The molecule has 2 aliphatic rings. The Balaban J connectivity index is 0.000000220. The molecule has 0 aromatic carbocycles. The largest absolute Gasteiger partial charge is 0.467 e. The van der Waals surface area contributed by atoms with Crippen LogP contribution >= 0.6 is 0 Å². The van der Waals surface area contributed by atoms with Crippen LogP contribution in [0.2, 0.25) is 0 Å². The molecule has 0 aromatic rings. The number of alkyl halides is 2.